The van der Waals surface area contributed by atoms with Crippen molar-refractivity contribution >= 4 is 28.1 Å². The second-order valence-corrected chi connectivity index (χ2v) is 6.30. The topological polar surface area (TPSA) is 21.3 Å². The van der Waals surface area contributed by atoms with Gasteiger partial charge in [0.2, 0.25) is 0 Å². The van der Waals surface area contributed by atoms with E-state index in [0.717, 1.165) is 28.4 Å². The molecule has 3 heteroatoms. The minimum absolute atomic E-state index is 0.149. The highest BCUT2D eigenvalue weighted by atomic mass is 35.5. The lowest BCUT2D eigenvalue weighted by Crippen LogP contribution is -2.09. The zero-order valence-electron chi connectivity index (χ0n) is 14.3. The molecule has 0 saturated heterocycles. The molecule has 0 aliphatic heterocycles. The zero-order valence-corrected chi connectivity index (χ0v) is 15.0. The van der Waals surface area contributed by atoms with Gasteiger partial charge in [-0.05, 0) is 41.8 Å². The molecule has 3 aromatic carbocycles. The standard InChI is InChI=1S/C21H22ClNO/c1-4-16-19(22)12-13-20(21(16)24-3)23-14(2)17-11-7-9-15-8-5-6-10-18(15)17/h5-14,23H,4H2,1-3H3. The quantitative estimate of drug-likeness (QED) is 0.594. The molecule has 3 rings (SSSR count). The molecule has 124 valence electrons. The van der Waals surface area contributed by atoms with E-state index >= 15 is 0 Å². The maximum atomic E-state index is 6.30. The van der Waals surface area contributed by atoms with Gasteiger partial charge >= 0.3 is 0 Å². The second kappa shape index (κ2) is 7.14. The van der Waals surface area contributed by atoms with Crippen molar-refractivity contribution in [3.05, 3.63) is 70.7 Å². The van der Waals surface area contributed by atoms with Crippen molar-refractivity contribution in [1.82, 2.24) is 0 Å². The zero-order chi connectivity index (χ0) is 17.1. The summed E-state index contributed by atoms with van der Waals surface area (Å²) >= 11 is 6.30. The highest BCUT2D eigenvalue weighted by molar-refractivity contribution is 6.31. The highest BCUT2D eigenvalue weighted by Gasteiger charge is 2.15. The van der Waals surface area contributed by atoms with Gasteiger partial charge in [0.25, 0.3) is 0 Å². The van der Waals surface area contributed by atoms with Crippen molar-refractivity contribution in [1.29, 1.82) is 0 Å². The molecule has 0 bridgehead atoms. The Balaban J connectivity index is 1.99. The van der Waals surface area contributed by atoms with Crippen molar-refractivity contribution in [3.8, 4) is 5.75 Å². The van der Waals surface area contributed by atoms with E-state index in [9.17, 15) is 0 Å². The average Bonchev–Trinajstić information content (AvgIpc) is 2.62. The Hall–Kier alpha value is -2.19. The van der Waals surface area contributed by atoms with Gasteiger partial charge in [-0.1, -0.05) is 61.0 Å². The third-order valence-corrected chi connectivity index (χ3v) is 4.78. The first-order chi connectivity index (χ1) is 11.7. The van der Waals surface area contributed by atoms with Gasteiger partial charge in [-0.3, -0.25) is 0 Å². The summed E-state index contributed by atoms with van der Waals surface area (Å²) in [7, 11) is 1.69. The predicted molar refractivity (Wildman–Crippen MR) is 103 cm³/mol. The normalized spacial score (nSPS) is 12.2. The molecule has 1 N–H and O–H groups in total. The molecule has 0 saturated carbocycles. The van der Waals surface area contributed by atoms with Gasteiger partial charge in [-0.25, -0.2) is 0 Å². The molecule has 0 aromatic heterocycles. The fourth-order valence-corrected chi connectivity index (χ4v) is 3.50. The Morgan fingerprint density at radius 2 is 1.79 bits per heavy atom. The smallest absolute Gasteiger partial charge is 0.146 e. The molecule has 0 aliphatic rings. The van der Waals surface area contributed by atoms with Crippen LogP contribution < -0.4 is 10.1 Å². The van der Waals surface area contributed by atoms with E-state index in [1.807, 2.05) is 12.1 Å². The Kier molecular flexibility index (Phi) is 4.96. The van der Waals surface area contributed by atoms with Crippen LogP contribution in [-0.2, 0) is 6.42 Å². The van der Waals surface area contributed by atoms with E-state index in [2.05, 4.69) is 61.6 Å². The van der Waals surface area contributed by atoms with E-state index in [-0.39, 0.29) is 6.04 Å². The van der Waals surface area contributed by atoms with E-state index in [4.69, 9.17) is 16.3 Å². The molecule has 1 atom stereocenters. The average molecular weight is 340 g/mol. The predicted octanol–water partition coefficient (Wildman–Crippen LogP) is 6.24. The van der Waals surface area contributed by atoms with Crippen LogP contribution >= 0.6 is 11.6 Å². The molecule has 0 spiro atoms. The third kappa shape index (κ3) is 3.07. The number of hydrogen-bond donors (Lipinski definition) is 1. The summed E-state index contributed by atoms with van der Waals surface area (Å²) < 4.78 is 5.63. The summed E-state index contributed by atoms with van der Waals surface area (Å²) in [5, 5.41) is 6.85. The van der Waals surface area contributed by atoms with Crippen LogP contribution in [0.2, 0.25) is 5.02 Å². The molecular formula is C21H22ClNO. The van der Waals surface area contributed by atoms with Crippen LogP contribution in [0, 0.1) is 0 Å². The first-order valence-electron chi connectivity index (χ1n) is 8.25. The largest absolute Gasteiger partial charge is 0.494 e. The van der Waals surface area contributed by atoms with Crippen LogP contribution in [0.3, 0.4) is 0 Å². The summed E-state index contributed by atoms with van der Waals surface area (Å²) in [6, 6.07) is 18.9. The fourth-order valence-electron chi connectivity index (χ4n) is 3.22. The molecular weight excluding hydrogens is 318 g/mol. The van der Waals surface area contributed by atoms with Gasteiger partial charge in [-0.2, -0.15) is 0 Å². The lowest BCUT2D eigenvalue weighted by atomic mass is 9.99. The van der Waals surface area contributed by atoms with Gasteiger partial charge < -0.3 is 10.1 Å². The molecule has 0 amide bonds. The van der Waals surface area contributed by atoms with Crippen molar-refractivity contribution in [2.75, 3.05) is 12.4 Å². The van der Waals surface area contributed by atoms with Crippen LogP contribution in [0.25, 0.3) is 10.8 Å². The van der Waals surface area contributed by atoms with E-state index in [0.29, 0.717) is 0 Å². The number of methoxy groups -OCH3 is 1. The molecule has 0 heterocycles. The fraction of sp³-hybridized carbons (Fsp3) is 0.238. The monoisotopic (exact) mass is 339 g/mol. The number of halogens is 1. The lowest BCUT2D eigenvalue weighted by Gasteiger charge is -2.21. The molecule has 1 unspecified atom stereocenters. The number of nitrogens with one attached hydrogen (secondary N) is 1. The number of hydrogen-bond acceptors (Lipinski definition) is 2. The maximum absolute atomic E-state index is 6.30. The number of fused-ring (bicyclic) bond motifs is 1. The SMILES string of the molecule is CCc1c(Cl)ccc(NC(C)c2cccc3ccccc23)c1OC. The summed E-state index contributed by atoms with van der Waals surface area (Å²) in [5.41, 5.74) is 3.27. The van der Waals surface area contributed by atoms with Crippen LogP contribution in [-0.4, -0.2) is 7.11 Å². The summed E-state index contributed by atoms with van der Waals surface area (Å²) in [6.45, 7) is 4.25. The molecule has 0 aliphatic carbocycles. The first-order valence-corrected chi connectivity index (χ1v) is 8.63. The van der Waals surface area contributed by atoms with Gasteiger partial charge in [0.15, 0.2) is 0 Å². The van der Waals surface area contributed by atoms with Crippen LogP contribution in [0.1, 0.15) is 31.0 Å². The van der Waals surface area contributed by atoms with Crippen LogP contribution in [0.5, 0.6) is 5.75 Å². The Bertz CT molecular complexity index is 854. The molecule has 3 aromatic rings. The Labute approximate surface area is 148 Å². The summed E-state index contributed by atoms with van der Waals surface area (Å²) in [6.07, 6.45) is 0.834. The van der Waals surface area contributed by atoms with E-state index in [1.54, 1.807) is 7.11 Å². The number of ether oxygens (including phenoxy) is 1. The Morgan fingerprint density at radius 1 is 1.04 bits per heavy atom. The van der Waals surface area contributed by atoms with Gasteiger partial charge in [0.1, 0.15) is 5.75 Å². The van der Waals surface area contributed by atoms with E-state index < -0.39 is 0 Å². The molecule has 0 fully saturated rings. The van der Waals surface area contributed by atoms with Crippen LogP contribution in [0.15, 0.2) is 54.6 Å². The van der Waals surface area contributed by atoms with Gasteiger partial charge in [-0.15, -0.1) is 0 Å². The van der Waals surface area contributed by atoms with Crippen LogP contribution in [0.4, 0.5) is 5.69 Å². The molecule has 24 heavy (non-hydrogen) atoms. The minimum Gasteiger partial charge on any atom is -0.494 e. The summed E-state index contributed by atoms with van der Waals surface area (Å²) in [5.74, 6) is 0.831. The van der Waals surface area contributed by atoms with Crippen molar-refractivity contribution in [3.63, 3.8) is 0 Å². The van der Waals surface area contributed by atoms with Gasteiger partial charge in [0, 0.05) is 16.6 Å². The lowest BCUT2D eigenvalue weighted by molar-refractivity contribution is 0.411. The molecule has 2 nitrogen and oxygen atoms in total. The third-order valence-electron chi connectivity index (χ3n) is 4.42. The summed E-state index contributed by atoms with van der Waals surface area (Å²) in [4.78, 5) is 0. The number of benzene rings is 3. The van der Waals surface area contributed by atoms with Crippen molar-refractivity contribution in [2.45, 2.75) is 26.3 Å². The first kappa shape index (κ1) is 16.7. The Morgan fingerprint density at radius 3 is 2.54 bits per heavy atom. The van der Waals surface area contributed by atoms with Gasteiger partial charge in [0.05, 0.1) is 12.8 Å². The van der Waals surface area contributed by atoms with Crippen molar-refractivity contribution < 1.29 is 4.74 Å². The van der Waals surface area contributed by atoms with Crippen molar-refractivity contribution in [2.24, 2.45) is 0 Å². The molecule has 0 radical (unpaired) electrons. The maximum Gasteiger partial charge on any atom is 0.146 e. The second-order valence-electron chi connectivity index (χ2n) is 5.89. The number of anilines is 1. The number of rotatable bonds is 5. The highest BCUT2D eigenvalue weighted by Crippen LogP contribution is 2.37. The van der Waals surface area contributed by atoms with E-state index in [1.165, 1.54) is 16.3 Å². The minimum atomic E-state index is 0.149.